The zero-order chi connectivity index (χ0) is 13.2. The molecule has 0 atom stereocenters. The molecule has 0 aromatic heterocycles. The van der Waals surface area contributed by atoms with Gasteiger partial charge in [-0.25, -0.2) is 8.42 Å². The SMILES string of the molecule is CS(=O)(=O)c1ccccc1N1CCC(CBr)CC1. The van der Waals surface area contributed by atoms with Gasteiger partial charge in [-0.15, -0.1) is 0 Å². The molecule has 2 rings (SSSR count). The van der Waals surface area contributed by atoms with Crippen LogP contribution >= 0.6 is 15.9 Å². The minimum Gasteiger partial charge on any atom is -0.370 e. The van der Waals surface area contributed by atoms with E-state index in [2.05, 4.69) is 20.8 Å². The third-order valence-corrected chi connectivity index (χ3v) is 5.50. The minimum absolute atomic E-state index is 0.447. The number of anilines is 1. The van der Waals surface area contributed by atoms with Gasteiger partial charge in [0.25, 0.3) is 0 Å². The van der Waals surface area contributed by atoms with Gasteiger partial charge >= 0.3 is 0 Å². The highest BCUT2D eigenvalue weighted by Gasteiger charge is 2.22. The van der Waals surface area contributed by atoms with E-state index in [1.165, 1.54) is 6.26 Å². The van der Waals surface area contributed by atoms with E-state index < -0.39 is 9.84 Å². The number of nitrogens with zero attached hydrogens (tertiary/aromatic N) is 1. The molecular formula is C13H18BrNO2S. The van der Waals surface area contributed by atoms with Crippen LogP contribution in [0, 0.1) is 5.92 Å². The molecule has 1 heterocycles. The van der Waals surface area contributed by atoms with Crippen LogP contribution in [-0.2, 0) is 9.84 Å². The van der Waals surface area contributed by atoms with E-state index in [1.54, 1.807) is 12.1 Å². The lowest BCUT2D eigenvalue weighted by molar-refractivity contribution is 0.446. The van der Waals surface area contributed by atoms with Gasteiger partial charge < -0.3 is 4.90 Å². The van der Waals surface area contributed by atoms with E-state index in [4.69, 9.17) is 0 Å². The average Bonchev–Trinajstić information content (AvgIpc) is 2.38. The Morgan fingerprint density at radius 3 is 2.44 bits per heavy atom. The third-order valence-electron chi connectivity index (χ3n) is 3.44. The van der Waals surface area contributed by atoms with Crippen molar-refractivity contribution in [1.82, 2.24) is 0 Å². The van der Waals surface area contributed by atoms with Gasteiger partial charge in [-0.2, -0.15) is 0 Å². The molecule has 5 heteroatoms. The summed E-state index contributed by atoms with van der Waals surface area (Å²) in [7, 11) is -3.15. The molecule has 0 aliphatic carbocycles. The van der Waals surface area contributed by atoms with Crippen LogP contribution in [0.15, 0.2) is 29.2 Å². The van der Waals surface area contributed by atoms with Crippen LogP contribution in [0.5, 0.6) is 0 Å². The van der Waals surface area contributed by atoms with Crippen molar-refractivity contribution in [3.63, 3.8) is 0 Å². The molecule has 1 aliphatic heterocycles. The molecule has 1 aliphatic rings. The van der Waals surface area contributed by atoms with Crippen LogP contribution < -0.4 is 4.90 Å². The van der Waals surface area contributed by atoms with Gasteiger partial charge in [-0.3, -0.25) is 0 Å². The van der Waals surface area contributed by atoms with E-state index in [0.717, 1.165) is 36.9 Å². The molecule has 3 nitrogen and oxygen atoms in total. The molecule has 0 spiro atoms. The number of sulfone groups is 1. The first-order valence-electron chi connectivity index (χ1n) is 6.12. The zero-order valence-corrected chi connectivity index (χ0v) is 12.9. The predicted octanol–water partition coefficient (Wildman–Crippen LogP) is 2.70. The fourth-order valence-electron chi connectivity index (χ4n) is 2.36. The summed E-state index contributed by atoms with van der Waals surface area (Å²) in [5.41, 5.74) is 0.855. The first-order valence-corrected chi connectivity index (χ1v) is 9.13. The molecule has 18 heavy (non-hydrogen) atoms. The number of piperidine rings is 1. The number of halogens is 1. The zero-order valence-electron chi connectivity index (χ0n) is 10.5. The second-order valence-corrected chi connectivity index (χ2v) is 7.46. The Morgan fingerprint density at radius 1 is 1.28 bits per heavy atom. The molecule has 1 aromatic carbocycles. The third kappa shape index (κ3) is 3.06. The van der Waals surface area contributed by atoms with Crippen molar-refractivity contribution in [2.24, 2.45) is 5.92 Å². The quantitative estimate of drug-likeness (QED) is 0.799. The van der Waals surface area contributed by atoms with Crippen molar-refractivity contribution < 1.29 is 8.42 Å². The van der Waals surface area contributed by atoms with Gasteiger partial charge in [-0.05, 0) is 30.9 Å². The van der Waals surface area contributed by atoms with Crippen molar-refractivity contribution >= 4 is 31.5 Å². The Hall–Kier alpha value is -0.550. The predicted molar refractivity (Wildman–Crippen MR) is 78.3 cm³/mol. The fraction of sp³-hybridized carbons (Fsp3) is 0.538. The molecule has 100 valence electrons. The second-order valence-electron chi connectivity index (χ2n) is 4.82. The van der Waals surface area contributed by atoms with Crippen LogP contribution in [0.3, 0.4) is 0 Å². The summed E-state index contributed by atoms with van der Waals surface area (Å²) in [6.45, 7) is 1.87. The number of hydrogen-bond acceptors (Lipinski definition) is 3. The molecule has 0 unspecified atom stereocenters. The van der Waals surface area contributed by atoms with Crippen LogP contribution in [-0.4, -0.2) is 33.1 Å². The maximum atomic E-state index is 11.8. The molecule has 0 amide bonds. The van der Waals surface area contributed by atoms with Gasteiger partial charge in [-0.1, -0.05) is 28.1 Å². The number of para-hydroxylation sites is 1. The summed E-state index contributed by atoms with van der Waals surface area (Å²) >= 11 is 3.52. The standard InChI is InChI=1S/C13H18BrNO2S/c1-18(16,17)13-5-3-2-4-12(13)15-8-6-11(10-14)7-9-15/h2-5,11H,6-10H2,1H3. The Morgan fingerprint density at radius 2 is 1.89 bits per heavy atom. The van der Waals surface area contributed by atoms with Crippen LogP contribution in [0.25, 0.3) is 0 Å². The summed E-state index contributed by atoms with van der Waals surface area (Å²) in [5.74, 6) is 0.714. The lowest BCUT2D eigenvalue weighted by Crippen LogP contribution is -2.34. The fourth-order valence-corrected chi connectivity index (χ4v) is 3.91. The molecule has 1 aromatic rings. The van der Waals surface area contributed by atoms with Gasteiger partial charge in [0.05, 0.1) is 10.6 Å². The van der Waals surface area contributed by atoms with Crippen LogP contribution in [0.2, 0.25) is 0 Å². The normalized spacial score (nSPS) is 18.0. The van der Waals surface area contributed by atoms with Crippen molar-refractivity contribution in [1.29, 1.82) is 0 Å². The average molecular weight is 332 g/mol. The van der Waals surface area contributed by atoms with Gasteiger partial charge in [0.1, 0.15) is 0 Å². The van der Waals surface area contributed by atoms with Crippen LogP contribution in [0.4, 0.5) is 5.69 Å². The van der Waals surface area contributed by atoms with E-state index in [0.29, 0.717) is 10.8 Å². The molecule has 0 saturated carbocycles. The van der Waals surface area contributed by atoms with Crippen molar-refractivity contribution in [2.45, 2.75) is 17.7 Å². The van der Waals surface area contributed by atoms with E-state index in [1.807, 2.05) is 12.1 Å². The molecular weight excluding hydrogens is 314 g/mol. The second kappa shape index (κ2) is 5.61. The van der Waals surface area contributed by atoms with Gasteiger partial charge in [0.15, 0.2) is 9.84 Å². The first kappa shape index (κ1) is 13.9. The Bertz CT molecular complexity index is 507. The topological polar surface area (TPSA) is 37.4 Å². The maximum Gasteiger partial charge on any atom is 0.177 e. The molecule has 1 fully saturated rings. The molecule has 1 saturated heterocycles. The lowest BCUT2D eigenvalue weighted by Gasteiger charge is -2.33. The highest BCUT2D eigenvalue weighted by molar-refractivity contribution is 9.09. The van der Waals surface area contributed by atoms with Gasteiger partial charge in [0.2, 0.25) is 0 Å². The lowest BCUT2D eigenvalue weighted by atomic mass is 9.99. The molecule has 0 bridgehead atoms. The molecule has 0 radical (unpaired) electrons. The van der Waals surface area contributed by atoms with Crippen molar-refractivity contribution in [3.8, 4) is 0 Å². The first-order chi connectivity index (χ1) is 8.52. The Kier molecular flexibility index (Phi) is 4.33. The number of hydrogen-bond donors (Lipinski definition) is 0. The largest absolute Gasteiger partial charge is 0.370 e. The monoisotopic (exact) mass is 331 g/mol. The Balaban J connectivity index is 2.25. The van der Waals surface area contributed by atoms with E-state index in [9.17, 15) is 8.42 Å². The summed E-state index contributed by atoms with van der Waals surface area (Å²) in [4.78, 5) is 2.64. The number of benzene rings is 1. The minimum atomic E-state index is -3.15. The number of rotatable bonds is 3. The highest BCUT2D eigenvalue weighted by atomic mass is 79.9. The summed E-state index contributed by atoms with van der Waals surface area (Å²) in [6.07, 6.45) is 3.50. The summed E-state index contributed by atoms with van der Waals surface area (Å²) in [5, 5.41) is 1.04. The van der Waals surface area contributed by atoms with Crippen molar-refractivity contribution in [3.05, 3.63) is 24.3 Å². The van der Waals surface area contributed by atoms with E-state index >= 15 is 0 Å². The highest BCUT2D eigenvalue weighted by Crippen LogP contribution is 2.29. The van der Waals surface area contributed by atoms with Crippen molar-refractivity contribution in [2.75, 3.05) is 29.6 Å². The van der Waals surface area contributed by atoms with Crippen LogP contribution in [0.1, 0.15) is 12.8 Å². The smallest absolute Gasteiger partial charge is 0.177 e. The Labute approximate surface area is 117 Å². The number of alkyl halides is 1. The van der Waals surface area contributed by atoms with E-state index in [-0.39, 0.29) is 0 Å². The van der Waals surface area contributed by atoms with Gasteiger partial charge in [0, 0.05) is 24.7 Å². The molecule has 0 N–H and O–H groups in total. The summed E-state index contributed by atoms with van der Waals surface area (Å²) in [6, 6.07) is 7.29. The summed E-state index contributed by atoms with van der Waals surface area (Å²) < 4.78 is 23.6. The maximum absolute atomic E-state index is 11.8.